The third kappa shape index (κ3) is 2.86. The number of hydrogen-bond acceptors (Lipinski definition) is 4. The van der Waals surface area contributed by atoms with Gasteiger partial charge in [0.05, 0.1) is 5.52 Å². The number of fused-ring (bicyclic) bond motifs is 1. The molecule has 0 radical (unpaired) electrons. The molecule has 1 heterocycles. The van der Waals surface area contributed by atoms with E-state index in [1.165, 1.54) is 12.1 Å². The molecule has 0 saturated carbocycles. The van der Waals surface area contributed by atoms with E-state index in [4.69, 9.17) is 9.88 Å². The highest BCUT2D eigenvalue weighted by Gasteiger charge is 2.15. The van der Waals surface area contributed by atoms with Gasteiger partial charge in [-0.2, -0.15) is 0 Å². The maximum Gasteiger partial charge on any atom is 0.241 e. The SMILES string of the molecule is NS(=O)(=O)c1ccccc1Oc1ccc2ccccc2n1. The van der Waals surface area contributed by atoms with Gasteiger partial charge in [-0.15, -0.1) is 0 Å². The first-order valence-corrected chi connectivity index (χ1v) is 7.74. The molecule has 0 atom stereocenters. The average Bonchev–Trinajstić information content (AvgIpc) is 2.46. The zero-order chi connectivity index (χ0) is 14.9. The van der Waals surface area contributed by atoms with Gasteiger partial charge in [0.15, 0.2) is 0 Å². The van der Waals surface area contributed by atoms with Gasteiger partial charge in [-0.3, -0.25) is 0 Å². The molecule has 0 amide bonds. The van der Waals surface area contributed by atoms with E-state index in [2.05, 4.69) is 4.98 Å². The van der Waals surface area contributed by atoms with Crippen LogP contribution in [0.1, 0.15) is 0 Å². The predicted molar refractivity (Wildman–Crippen MR) is 79.6 cm³/mol. The molecule has 0 aliphatic carbocycles. The smallest absolute Gasteiger partial charge is 0.241 e. The highest BCUT2D eigenvalue weighted by atomic mass is 32.2. The number of nitrogens with two attached hydrogens (primary N) is 1. The lowest BCUT2D eigenvalue weighted by molar-refractivity contribution is 0.451. The number of primary sulfonamides is 1. The summed E-state index contributed by atoms with van der Waals surface area (Å²) in [6.45, 7) is 0. The van der Waals surface area contributed by atoms with E-state index in [0.29, 0.717) is 5.88 Å². The maximum absolute atomic E-state index is 11.5. The van der Waals surface area contributed by atoms with Gasteiger partial charge in [0.2, 0.25) is 15.9 Å². The van der Waals surface area contributed by atoms with Crippen LogP contribution in [0, 0.1) is 0 Å². The zero-order valence-electron chi connectivity index (χ0n) is 10.9. The molecule has 0 aliphatic rings. The fourth-order valence-electron chi connectivity index (χ4n) is 1.99. The van der Waals surface area contributed by atoms with Crippen molar-refractivity contribution in [2.75, 3.05) is 0 Å². The Balaban J connectivity index is 2.03. The Morgan fingerprint density at radius 3 is 2.43 bits per heavy atom. The molecule has 106 valence electrons. The second-order valence-corrected chi connectivity index (χ2v) is 5.97. The number of para-hydroxylation sites is 2. The fourth-order valence-corrected chi connectivity index (χ4v) is 2.64. The topological polar surface area (TPSA) is 82.3 Å². The van der Waals surface area contributed by atoms with Crippen LogP contribution in [0.4, 0.5) is 0 Å². The second-order valence-electron chi connectivity index (χ2n) is 4.44. The molecule has 5 nitrogen and oxygen atoms in total. The van der Waals surface area contributed by atoms with Crippen molar-refractivity contribution >= 4 is 20.9 Å². The summed E-state index contributed by atoms with van der Waals surface area (Å²) in [5, 5.41) is 6.15. The number of ether oxygens (including phenoxy) is 1. The van der Waals surface area contributed by atoms with E-state index in [1.807, 2.05) is 30.3 Å². The molecule has 0 unspecified atom stereocenters. The Morgan fingerprint density at radius 1 is 0.905 bits per heavy atom. The highest BCUT2D eigenvalue weighted by molar-refractivity contribution is 7.89. The van der Waals surface area contributed by atoms with Crippen molar-refractivity contribution in [3.8, 4) is 11.6 Å². The fraction of sp³-hybridized carbons (Fsp3) is 0. The zero-order valence-corrected chi connectivity index (χ0v) is 11.7. The normalized spacial score (nSPS) is 11.5. The molecule has 21 heavy (non-hydrogen) atoms. The summed E-state index contributed by atoms with van der Waals surface area (Å²) in [6, 6.07) is 17.3. The molecule has 0 fully saturated rings. The van der Waals surface area contributed by atoms with Crippen molar-refractivity contribution in [3.63, 3.8) is 0 Å². The van der Waals surface area contributed by atoms with Gasteiger partial charge in [0.1, 0.15) is 10.6 Å². The van der Waals surface area contributed by atoms with E-state index in [9.17, 15) is 8.42 Å². The van der Waals surface area contributed by atoms with Gasteiger partial charge in [-0.1, -0.05) is 30.3 Å². The third-order valence-electron chi connectivity index (χ3n) is 2.94. The van der Waals surface area contributed by atoms with Gasteiger partial charge in [-0.25, -0.2) is 18.5 Å². The van der Waals surface area contributed by atoms with Crippen molar-refractivity contribution in [2.24, 2.45) is 5.14 Å². The van der Waals surface area contributed by atoms with Crippen molar-refractivity contribution in [1.29, 1.82) is 0 Å². The number of nitrogens with zero attached hydrogens (tertiary/aromatic N) is 1. The highest BCUT2D eigenvalue weighted by Crippen LogP contribution is 2.27. The average molecular weight is 300 g/mol. The summed E-state index contributed by atoms with van der Waals surface area (Å²) in [6.07, 6.45) is 0. The Bertz CT molecular complexity index is 907. The first kappa shape index (κ1) is 13.5. The summed E-state index contributed by atoms with van der Waals surface area (Å²) in [5.41, 5.74) is 0.767. The standard InChI is InChI=1S/C15H12N2O3S/c16-21(18,19)14-8-4-3-7-13(14)20-15-10-9-11-5-1-2-6-12(11)17-15/h1-10H,(H2,16,18,19). The van der Waals surface area contributed by atoms with Crippen LogP contribution in [-0.4, -0.2) is 13.4 Å². The summed E-state index contributed by atoms with van der Waals surface area (Å²) in [4.78, 5) is 4.27. The van der Waals surface area contributed by atoms with Crippen LogP contribution in [0.25, 0.3) is 10.9 Å². The van der Waals surface area contributed by atoms with Crippen LogP contribution in [0.5, 0.6) is 11.6 Å². The minimum absolute atomic E-state index is 0.0695. The number of sulfonamides is 1. The van der Waals surface area contributed by atoms with Crippen molar-refractivity contribution in [3.05, 3.63) is 60.7 Å². The molecule has 0 aliphatic heterocycles. The van der Waals surface area contributed by atoms with E-state index in [-0.39, 0.29) is 10.6 Å². The summed E-state index contributed by atoms with van der Waals surface area (Å²) in [5.74, 6) is 0.465. The quantitative estimate of drug-likeness (QED) is 0.806. The summed E-state index contributed by atoms with van der Waals surface area (Å²) in [7, 11) is -3.85. The number of rotatable bonds is 3. The van der Waals surface area contributed by atoms with Gasteiger partial charge in [0, 0.05) is 11.5 Å². The van der Waals surface area contributed by atoms with Crippen LogP contribution >= 0.6 is 0 Å². The van der Waals surface area contributed by atoms with Crippen LogP contribution in [-0.2, 0) is 10.0 Å². The molecule has 0 spiro atoms. The predicted octanol–water partition coefficient (Wildman–Crippen LogP) is 2.67. The van der Waals surface area contributed by atoms with Crippen LogP contribution in [0.2, 0.25) is 0 Å². The number of aromatic nitrogens is 1. The Kier molecular flexibility index (Phi) is 3.32. The van der Waals surface area contributed by atoms with Crippen LogP contribution in [0.15, 0.2) is 65.6 Å². The first-order valence-electron chi connectivity index (χ1n) is 6.19. The van der Waals surface area contributed by atoms with Crippen molar-refractivity contribution in [1.82, 2.24) is 4.98 Å². The Hall–Kier alpha value is -2.44. The van der Waals surface area contributed by atoms with Gasteiger partial charge in [-0.05, 0) is 24.3 Å². The molecular formula is C15H12N2O3S. The molecular weight excluding hydrogens is 288 g/mol. The van der Waals surface area contributed by atoms with E-state index >= 15 is 0 Å². The van der Waals surface area contributed by atoms with E-state index in [0.717, 1.165) is 10.9 Å². The minimum atomic E-state index is -3.85. The van der Waals surface area contributed by atoms with E-state index in [1.54, 1.807) is 18.2 Å². The lowest BCUT2D eigenvalue weighted by atomic mass is 10.2. The monoisotopic (exact) mass is 300 g/mol. The van der Waals surface area contributed by atoms with Gasteiger partial charge >= 0.3 is 0 Å². The largest absolute Gasteiger partial charge is 0.438 e. The molecule has 3 aromatic rings. The molecule has 0 bridgehead atoms. The van der Waals surface area contributed by atoms with Gasteiger partial charge < -0.3 is 4.74 Å². The van der Waals surface area contributed by atoms with Crippen LogP contribution < -0.4 is 9.88 Å². The first-order chi connectivity index (χ1) is 10.0. The molecule has 0 saturated heterocycles. The molecule has 2 N–H and O–H groups in total. The van der Waals surface area contributed by atoms with Crippen molar-refractivity contribution < 1.29 is 13.2 Å². The Morgan fingerprint density at radius 2 is 1.62 bits per heavy atom. The Labute approximate surface area is 122 Å². The molecule has 3 rings (SSSR count). The summed E-state index contributed by atoms with van der Waals surface area (Å²) < 4.78 is 28.6. The number of pyridine rings is 1. The molecule has 6 heteroatoms. The van der Waals surface area contributed by atoms with Gasteiger partial charge in [0.25, 0.3) is 0 Å². The second kappa shape index (κ2) is 5.16. The van der Waals surface area contributed by atoms with Crippen molar-refractivity contribution in [2.45, 2.75) is 4.90 Å². The maximum atomic E-state index is 11.5. The molecule has 1 aromatic heterocycles. The third-order valence-corrected chi connectivity index (χ3v) is 3.89. The number of hydrogen-bond donors (Lipinski definition) is 1. The lowest BCUT2D eigenvalue weighted by Gasteiger charge is -2.09. The minimum Gasteiger partial charge on any atom is -0.438 e. The lowest BCUT2D eigenvalue weighted by Crippen LogP contribution is -2.13. The molecule has 2 aromatic carbocycles. The summed E-state index contributed by atoms with van der Waals surface area (Å²) >= 11 is 0. The number of benzene rings is 2. The van der Waals surface area contributed by atoms with E-state index < -0.39 is 10.0 Å². The van der Waals surface area contributed by atoms with Crippen LogP contribution in [0.3, 0.4) is 0 Å².